The number of hydrogen-bond acceptors (Lipinski definition) is 3. The van der Waals surface area contributed by atoms with E-state index in [1.54, 1.807) is 6.20 Å². The Labute approximate surface area is 95.3 Å². The summed E-state index contributed by atoms with van der Waals surface area (Å²) in [7, 11) is 1.98. The van der Waals surface area contributed by atoms with E-state index in [4.69, 9.17) is 5.11 Å². The Morgan fingerprint density at radius 2 is 2.12 bits per heavy atom. The first-order valence-electron chi connectivity index (χ1n) is 5.40. The van der Waals surface area contributed by atoms with Crippen LogP contribution >= 0.6 is 0 Å². The van der Waals surface area contributed by atoms with E-state index in [1.165, 1.54) is 5.56 Å². The van der Waals surface area contributed by atoms with Gasteiger partial charge in [0.15, 0.2) is 0 Å². The number of rotatable bonds is 3. The van der Waals surface area contributed by atoms with Crippen LogP contribution in [0.4, 0.5) is 5.69 Å². The predicted octanol–water partition coefficient (Wildman–Crippen LogP) is 1.97. The highest BCUT2D eigenvalue weighted by molar-refractivity contribution is 5.91. The van der Waals surface area contributed by atoms with Crippen LogP contribution in [0.25, 0.3) is 10.9 Å². The second kappa shape index (κ2) is 4.49. The fourth-order valence-corrected chi connectivity index (χ4v) is 1.85. The molecule has 0 aliphatic heterocycles. The fraction of sp³-hybridized carbons (Fsp3) is 0.308. The molecule has 2 aromatic rings. The zero-order valence-electron chi connectivity index (χ0n) is 9.64. The van der Waals surface area contributed by atoms with E-state index >= 15 is 0 Å². The Kier molecular flexibility index (Phi) is 3.06. The number of pyridine rings is 1. The first-order chi connectivity index (χ1) is 7.72. The zero-order chi connectivity index (χ0) is 11.5. The number of aromatic nitrogens is 1. The molecular weight excluding hydrogens is 200 g/mol. The molecule has 0 fully saturated rings. The molecular formula is C13H16N2O. The summed E-state index contributed by atoms with van der Waals surface area (Å²) >= 11 is 0. The Morgan fingerprint density at radius 1 is 1.31 bits per heavy atom. The monoisotopic (exact) mass is 216 g/mol. The van der Waals surface area contributed by atoms with E-state index in [0.29, 0.717) is 6.54 Å². The lowest BCUT2D eigenvalue weighted by molar-refractivity contribution is 0.304. The summed E-state index contributed by atoms with van der Waals surface area (Å²) in [6.07, 6.45) is 1.81. The van der Waals surface area contributed by atoms with Crippen LogP contribution in [-0.2, 0) is 0 Å². The predicted molar refractivity (Wildman–Crippen MR) is 66.8 cm³/mol. The molecule has 0 spiro atoms. The molecule has 84 valence electrons. The van der Waals surface area contributed by atoms with Crippen LogP contribution in [0.5, 0.6) is 0 Å². The van der Waals surface area contributed by atoms with Gasteiger partial charge in [0.1, 0.15) is 0 Å². The van der Waals surface area contributed by atoms with E-state index in [1.807, 2.05) is 24.1 Å². The number of likely N-dealkylation sites (N-methyl/N-ethyl adjacent to an activating group) is 1. The van der Waals surface area contributed by atoms with Crippen molar-refractivity contribution in [3.63, 3.8) is 0 Å². The van der Waals surface area contributed by atoms with Crippen molar-refractivity contribution in [2.45, 2.75) is 6.92 Å². The summed E-state index contributed by atoms with van der Waals surface area (Å²) in [5.41, 5.74) is 3.33. The lowest BCUT2D eigenvalue weighted by atomic mass is 10.1. The Balaban J connectivity index is 2.55. The van der Waals surface area contributed by atoms with Gasteiger partial charge in [0.05, 0.1) is 12.1 Å². The Morgan fingerprint density at radius 3 is 2.88 bits per heavy atom. The quantitative estimate of drug-likeness (QED) is 0.852. The van der Waals surface area contributed by atoms with Crippen LogP contribution in [0.1, 0.15) is 5.56 Å². The van der Waals surface area contributed by atoms with Crippen molar-refractivity contribution in [3.05, 3.63) is 36.0 Å². The molecule has 16 heavy (non-hydrogen) atoms. The summed E-state index contributed by atoms with van der Waals surface area (Å²) in [4.78, 5) is 6.38. The van der Waals surface area contributed by atoms with Crippen LogP contribution in [0.3, 0.4) is 0 Å². The van der Waals surface area contributed by atoms with Gasteiger partial charge in [0.2, 0.25) is 0 Å². The number of fused-ring (bicyclic) bond motifs is 1. The second-order valence-electron chi connectivity index (χ2n) is 4.00. The summed E-state index contributed by atoms with van der Waals surface area (Å²) in [6, 6.07) is 8.20. The molecule has 0 bridgehead atoms. The SMILES string of the molecule is Cc1ccc2nccc(N(C)CCO)c2c1. The highest BCUT2D eigenvalue weighted by atomic mass is 16.3. The molecule has 0 saturated carbocycles. The molecule has 1 N–H and O–H groups in total. The van der Waals surface area contributed by atoms with Crippen LogP contribution in [0.15, 0.2) is 30.5 Å². The summed E-state index contributed by atoms with van der Waals surface area (Å²) in [5.74, 6) is 0. The number of nitrogens with zero attached hydrogens (tertiary/aromatic N) is 2. The first kappa shape index (κ1) is 10.9. The summed E-state index contributed by atoms with van der Waals surface area (Å²) in [5, 5.41) is 10.1. The van der Waals surface area contributed by atoms with E-state index in [2.05, 4.69) is 24.0 Å². The zero-order valence-corrected chi connectivity index (χ0v) is 9.64. The molecule has 0 aliphatic carbocycles. The van der Waals surface area contributed by atoms with Gasteiger partial charge in [-0.3, -0.25) is 4.98 Å². The number of benzene rings is 1. The maximum absolute atomic E-state index is 8.97. The third kappa shape index (κ3) is 1.99. The van der Waals surface area contributed by atoms with Crippen molar-refractivity contribution >= 4 is 16.6 Å². The Bertz CT molecular complexity index is 496. The molecule has 2 rings (SSSR count). The Hall–Kier alpha value is -1.61. The van der Waals surface area contributed by atoms with Crippen molar-refractivity contribution in [1.82, 2.24) is 4.98 Å². The summed E-state index contributed by atoms with van der Waals surface area (Å²) < 4.78 is 0. The van der Waals surface area contributed by atoms with Gasteiger partial charge in [0, 0.05) is 30.9 Å². The van der Waals surface area contributed by atoms with Crippen LogP contribution in [0, 0.1) is 6.92 Å². The molecule has 1 aromatic heterocycles. The van der Waals surface area contributed by atoms with E-state index in [9.17, 15) is 0 Å². The normalized spacial score (nSPS) is 10.7. The average molecular weight is 216 g/mol. The van der Waals surface area contributed by atoms with Crippen LogP contribution < -0.4 is 4.90 Å². The molecule has 0 amide bonds. The van der Waals surface area contributed by atoms with Crippen molar-refractivity contribution in [2.75, 3.05) is 25.1 Å². The lowest BCUT2D eigenvalue weighted by Gasteiger charge is -2.19. The molecule has 0 aliphatic rings. The minimum atomic E-state index is 0.159. The number of hydrogen-bond donors (Lipinski definition) is 1. The standard InChI is InChI=1S/C13H16N2O/c1-10-3-4-12-11(9-10)13(5-6-14-12)15(2)7-8-16/h3-6,9,16H,7-8H2,1-2H3. The second-order valence-corrected chi connectivity index (χ2v) is 4.00. The van der Waals surface area contributed by atoms with Crippen LogP contribution in [0.2, 0.25) is 0 Å². The number of aliphatic hydroxyl groups is 1. The molecule has 0 saturated heterocycles. The smallest absolute Gasteiger partial charge is 0.0722 e. The highest BCUT2D eigenvalue weighted by Gasteiger charge is 2.06. The first-order valence-corrected chi connectivity index (χ1v) is 5.40. The molecule has 3 nitrogen and oxygen atoms in total. The molecule has 0 atom stereocenters. The van der Waals surface area contributed by atoms with Gasteiger partial charge in [-0.2, -0.15) is 0 Å². The maximum atomic E-state index is 8.97. The minimum Gasteiger partial charge on any atom is -0.395 e. The number of anilines is 1. The van der Waals surface area contributed by atoms with Gasteiger partial charge in [0.25, 0.3) is 0 Å². The van der Waals surface area contributed by atoms with Gasteiger partial charge in [-0.15, -0.1) is 0 Å². The fourth-order valence-electron chi connectivity index (χ4n) is 1.85. The van der Waals surface area contributed by atoms with E-state index < -0.39 is 0 Å². The lowest BCUT2D eigenvalue weighted by Crippen LogP contribution is -2.21. The minimum absolute atomic E-state index is 0.159. The highest BCUT2D eigenvalue weighted by Crippen LogP contribution is 2.25. The molecule has 1 aromatic carbocycles. The van der Waals surface area contributed by atoms with Gasteiger partial charge < -0.3 is 10.0 Å². The largest absolute Gasteiger partial charge is 0.395 e. The topological polar surface area (TPSA) is 36.4 Å². The molecule has 1 heterocycles. The van der Waals surface area contributed by atoms with Gasteiger partial charge in [-0.25, -0.2) is 0 Å². The number of aliphatic hydroxyl groups excluding tert-OH is 1. The van der Waals surface area contributed by atoms with E-state index in [-0.39, 0.29) is 6.61 Å². The third-order valence-corrected chi connectivity index (χ3v) is 2.72. The molecule has 0 radical (unpaired) electrons. The van der Waals surface area contributed by atoms with Gasteiger partial charge in [-0.05, 0) is 25.1 Å². The van der Waals surface area contributed by atoms with Crippen molar-refractivity contribution in [3.8, 4) is 0 Å². The van der Waals surface area contributed by atoms with Gasteiger partial charge >= 0.3 is 0 Å². The van der Waals surface area contributed by atoms with Crippen LogP contribution in [-0.4, -0.2) is 30.3 Å². The average Bonchev–Trinajstić information content (AvgIpc) is 2.28. The van der Waals surface area contributed by atoms with Gasteiger partial charge in [-0.1, -0.05) is 11.6 Å². The van der Waals surface area contributed by atoms with Crippen molar-refractivity contribution < 1.29 is 5.11 Å². The maximum Gasteiger partial charge on any atom is 0.0722 e. The number of aryl methyl sites for hydroxylation is 1. The third-order valence-electron chi connectivity index (χ3n) is 2.72. The van der Waals surface area contributed by atoms with Crippen molar-refractivity contribution in [1.29, 1.82) is 0 Å². The van der Waals surface area contributed by atoms with E-state index in [0.717, 1.165) is 16.6 Å². The molecule has 0 unspecified atom stereocenters. The van der Waals surface area contributed by atoms with Crippen molar-refractivity contribution in [2.24, 2.45) is 0 Å². The molecule has 3 heteroatoms. The summed E-state index contributed by atoms with van der Waals surface area (Å²) in [6.45, 7) is 2.86.